The Morgan fingerprint density at radius 3 is 2.29 bits per heavy atom. The quantitative estimate of drug-likeness (QED) is 0.498. The van der Waals surface area contributed by atoms with E-state index in [1.165, 1.54) is 5.57 Å². The van der Waals surface area contributed by atoms with Crippen LogP contribution >= 0.6 is 0 Å². The van der Waals surface area contributed by atoms with Crippen LogP contribution in [0.4, 0.5) is 0 Å². The van der Waals surface area contributed by atoms with E-state index in [0.29, 0.717) is 6.04 Å². The molecule has 0 amide bonds. The molecule has 0 aromatic rings. The second-order valence-electron chi connectivity index (χ2n) is 4.22. The Kier molecular flexibility index (Phi) is 6.26. The second kappa shape index (κ2) is 6.63. The first-order chi connectivity index (χ1) is 6.47. The summed E-state index contributed by atoms with van der Waals surface area (Å²) in [5, 5.41) is 0. The lowest BCUT2D eigenvalue weighted by Crippen LogP contribution is -2.27. The van der Waals surface area contributed by atoms with Gasteiger partial charge in [-0.05, 0) is 40.2 Å². The Bertz CT molecular complexity index is 210. The van der Waals surface area contributed by atoms with Crippen LogP contribution in [0.1, 0.15) is 41.0 Å². The first-order valence-corrected chi connectivity index (χ1v) is 5.41. The Balaban J connectivity index is 4.64. The van der Waals surface area contributed by atoms with Gasteiger partial charge in [-0.1, -0.05) is 12.5 Å². The minimum absolute atomic E-state index is 0.361. The lowest BCUT2D eigenvalue weighted by atomic mass is 10.3. The number of amidine groups is 1. The SMILES string of the molecule is CCCN(C)C(C=C(C)C)=NC(C)C. The summed E-state index contributed by atoms with van der Waals surface area (Å²) in [5.41, 5.74) is 1.30. The van der Waals surface area contributed by atoms with Crippen molar-refractivity contribution in [3.8, 4) is 0 Å². The van der Waals surface area contributed by atoms with Crippen molar-refractivity contribution in [2.45, 2.75) is 47.1 Å². The predicted molar refractivity (Wildman–Crippen MR) is 64.9 cm³/mol. The van der Waals surface area contributed by atoms with Crippen LogP contribution in [0.2, 0.25) is 0 Å². The summed E-state index contributed by atoms with van der Waals surface area (Å²) in [6, 6.07) is 0.361. The van der Waals surface area contributed by atoms with E-state index in [2.05, 4.69) is 57.6 Å². The van der Waals surface area contributed by atoms with Crippen LogP contribution in [-0.4, -0.2) is 30.4 Å². The molecule has 0 bridgehead atoms. The van der Waals surface area contributed by atoms with Crippen molar-refractivity contribution < 1.29 is 0 Å². The lowest BCUT2D eigenvalue weighted by molar-refractivity contribution is 0.498. The molecule has 0 rings (SSSR count). The van der Waals surface area contributed by atoms with Gasteiger partial charge in [-0.25, -0.2) is 0 Å². The van der Waals surface area contributed by atoms with Crippen LogP contribution in [0.5, 0.6) is 0 Å². The molecule has 0 N–H and O–H groups in total. The average molecular weight is 196 g/mol. The summed E-state index contributed by atoms with van der Waals surface area (Å²) < 4.78 is 0. The van der Waals surface area contributed by atoms with E-state index in [4.69, 9.17) is 0 Å². The van der Waals surface area contributed by atoms with E-state index in [1.807, 2.05) is 0 Å². The van der Waals surface area contributed by atoms with Crippen molar-refractivity contribution in [3.05, 3.63) is 11.6 Å². The van der Waals surface area contributed by atoms with Crippen molar-refractivity contribution in [1.82, 2.24) is 4.90 Å². The lowest BCUT2D eigenvalue weighted by Gasteiger charge is -2.19. The maximum atomic E-state index is 4.60. The molecule has 0 aliphatic heterocycles. The van der Waals surface area contributed by atoms with E-state index in [0.717, 1.165) is 18.8 Å². The predicted octanol–water partition coefficient (Wildman–Crippen LogP) is 3.10. The molecule has 14 heavy (non-hydrogen) atoms. The third-order valence-electron chi connectivity index (χ3n) is 1.76. The highest BCUT2D eigenvalue weighted by Gasteiger charge is 2.02. The summed E-state index contributed by atoms with van der Waals surface area (Å²) >= 11 is 0. The molecule has 0 heterocycles. The van der Waals surface area contributed by atoms with Crippen molar-refractivity contribution in [1.29, 1.82) is 0 Å². The Hall–Kier alpha value is -0.790. The van der Waals surface area contributed by atoms with Gasteiger partial charge in [-0.15, -0.1) is 0 Å². The molecule has 0 radical (unpaired) electrons. The molecule has 0 saturated carbocycles. The molecule has 2 nitrogen and oxygen atoms in total. The zero-order valence-electron chi connectivity index (χ0n) is 10.5. The zero-order chi connectivity index (χ0) is 11.1. The number of hydrogen-bond acceptors (Lipinski definition) is 1. The monoisotopic (exact) mass is 196 g/mol. The van der Waals surface area contributed by atoms with Gasteiger partial charge < -0.3 is 4.90 Å². The molecule has 0 aliphatic rings. The van der Waals surface area contributed by atoms with Crippen molar-refractivity contribution in [2.24, 2.45) is 4.99 Å². The Morgan fingerprint density at radius 2 is 1.93 bits per heavy atom. The summed E-state index contributed by atoms with van der Waals surface area (Å²) in [6.07, 6.45) is 3.31. The first kappa shape index (κ1) is 13.2. The molecule has 0 aliphatic carbocycles. The van der Waals surface area contributed by atoms with Crippen molar-refractivity contribution in [2.75, 3.05) is 13.6 Å². The standard InChI is InChI=1S/C12H24N2/c1-7-8-14(6)12(9-10(2)3)13-11(4)5/h9,11H,7-8H2,1-6H3. The van der Waals surface area contributed by atoms with Gasteiger partial charge >= 0.3 is 0 Å². The number of likely N-dealkylation sites (N-methyl/N-ethyl adjacent to an activating group) is 1. The number of rotatable bonds is 4. The van der Waals surface area contributed by atoms with Gasteiger partial charge in [0.1, 0.15) is 5.84 Å². The van der Waals surface area contributed by atoms with E-state index >= 15 is 0 Å². The van der Waals surface area contributed by atoms with Gasteiger partial charge in [0.25, 0.3) is 0 Å². The molecule has 0 saturated heterocycles. The van der Waals surface area contributed by atoms with Gasteiger partial charge in [-0.2, -0.15) is 0 Å². The number of allylic oxidation sites excluding steroid dienone is 1. The summed E-state index contributed by atoms with van der Waals surface area (Å²) in [6.45, 7) is 11.7. The van der Waals surface area contributed by atoms with Crippen LogP contribution in [0.15, 0.2) is 16.6 Å². The second-order valence-corrected chi connectivity index (χ2v) is 4.22. The minimum Gasteiger partial charge on any atom is -0.360 e. The Labute approximate surface area is 88.7 Å². The fourth-order valence-corrected chi connectivity index (χ4v) is 1.22. The molecule has 82 valence electrons. The van der Waals surface area contributed by atoms with Crippen LogP contribution in [0.25, 0.3) is 0 Å². The van der Waals surface area contributed by atoms with Gasteiger partial charge in [0, 0.05) is 19.6 Å². The summed E-state index contributed by atoms with van der Waals surface area (Å²) in [4.78, 5) is 6.82. The van der Waals surface area contributed by atoms with Gasteiger partial charge in [0.05, 0.1) is 0 Å². The van der Waals surface area contributed by atoms with Crippen LogP contribution in [0.3, 0.4) is 0 Å². The molecular formula is C12H24N2. The summed E-state index contributed by atoms with van der Waals surface area (Å²) in [5.74, 6) is 1.10. The van der Waals surface area contributed by atoms with Gasteiger partial charge in [0.15, 0.2) is 0 Å². The normalized spacial score (nSPS) is 11.8. The van der Waals surface area contributed by atoms with Crippen LogP contribution in [-0.2, 0) is 0 Å². The molecule has 0 unspecified atom stereocenters. The largest absolute Gasteiger partial charge is 0.360 e. The summed E-state index contributed by atoms with van der Waals surface area (Å²) in [7, 11) is 2.10. The van der Waals surface area contributed by atoms with E-state index in [-0.39, 0.29) is 0 Å². The Morgan fingerprint density at radius 1 is 1.36 bits per heavy atom. The number of hydrogen-bond donors (Lipinski definition) is 0. The highest BCUT2D eigenvalue weighted by Crippen LogP contribution is 2.00. The van der Waals surface area contributed by atoms with E-state index < -0.39 is 0 Å². The highest BCUT2D eigenvalue weighted by molar-refractivity contribution is 5.93. The van der Waals surface area contributed by atoms with Crippen LogP contribution < -0.4 is 0 Å². The highest BCUT2D eigenvalue weighted by atomic mass is 15.2. The van der Waals surface area contributed by atoms with E-state index in [9.17, 15) is 0 Å². The zero-order valence-corrected chi connectivity index (χ0v) is 10.5. The third kappa shape index (κ3) is 5.79. The molecule has 2 heteroatoms. The fraction of sp³-hybridized carbons (Fsp3) is 0.750. The van der Waals surface area contributed by atoms with Crippen molar-refractivity contribution >= 4 is 5.84 Å². The van der Waals surface area contributed by atoms with E-state index in [1.54, 1.807) is 0 Å². The smallest absolute Gasteiger partial charge is 0.123 e. The molecule has 0 fully saturated rings. The maximum absolute atomic E-state index is 4.60. The molecule has 0 spiro atoms. The van der Waals surface area contributed by atoms with Crippen LogP contribution in [0, 0.1) is 0 Å². The number of nitrogens with zero attached hydrogens (tertiary/aromatic N) is 2. The molecular weight excluding hydrogens is 172 g/mol. The maximum Gasteiger partial charge on any atom is 0.123 e. The molecule has 0 aromatic heterocycles. The topological polar surface area (TPSA) is 15.6 Å². The van der Waals surface area contributed by atoms with Gasteiger partial charge in [-0.3, -0.25) is 4.99 Å². The fourth-order valence-electron chi connectivity index (χ4n) is 1.22. The molecule has 0 atom stereocenters. The number of aliphatic imine (C=N–C) groups is 1. The van der Waals surface area contributed by atoms with Crippen molar-refractivity contribution in [3.63, 3.8) is 0 Å². The molecule has 0 aromatic carbocycles. The first-order valence-electron chi connectivity index (χ1n) is 5.41. The average Bonchev–Trinajstić information content (AvgIpc) is 2.01. The minimum atomic E-state index is 0.361. The third-order valence-corrected chi connectivity index (χ3v) is 1.76. The van der Waals surface area contributed by atoms with Gasteiger partial charge in [0.2, 0.25) is 0 Å².